The number of pyridine rings is 1. The van der Waals surface area contributed by atoms with Crippen LogP contribution in [0.25, 0.3) is 0 Å². The second-order valence-electron chi connectivity index (χ2n) is 3.97. The number of ether oxygens (including phenoxy) is 2. The van der Waals surface area contributed by atoms with E-state index < -0.39 is 0 Å². The Bertz CT molecular complexity index is 580. The summed E-state index contributed by atoms with van der Waals surface area (Å²) in [7, 11) is 3.25. The van der Waals surface area contributed by atoms with Crippen molar-refractivity contribution < 1.29 is 9.47 Å². The molecule has 19 heavy (non-hydrogen) atoms. The largest absolute Gasteiger partial charge is 0.497 e. The average Bonchev–Trinajstić information content (AvgIpc) is 2.48. The van der Waals surface area contributed by atoms with Crippen LogP contribution in [0.1, 0.15) is 12.5 Å². The van der Waals surface area contributed by atoms with Crippen molar-refractivity contribution in [2.24, 2.45) is 4.99 Å². The van der Waals surface area contributed by atoms with Crippen LogP contribution < -0.4 is 9.47 Å². The molecule has 98 valence electrons. The second kappa shape index (κ2) is 6.00. The van der Waals surface area contributed by atoms with Crippen LogP contribution in [-0.4, -0.2) is 24.9 Å². The van der Waals surface area contributed by atoms with Gasteiger partial charge >= 0.3 is 0 Å². The number of nitrogens with zero attached hydrogens (tertiary/aromatic N) is 2. The Morgan fingerprint density at radius 2 is 1.79 bits per heavy atom. The van der Waals surface area contributed by atoms with Crippen molar-refractivity contribution in [2.45, 2.75) is 6.92 Å². The molecule has 1 aromatic carbocycles. The molecule has 2 aromatic rings. The van der Waals surface area contributed by atoms with Crippen molar-refractivity contribution in [3.05, 3.63) is 48.3 Å². The molecule has 0 saturated heterocycles. The van der Waals surface area contributed by atoms with Gasteiger partial charge in [-0.1, -0.05) is 0 Å². The van der Waals surface area contributed by atoms with E-state index in [-0.39, 0.29) is 0 Å². The number of hydrogen-bond acceptors (Lipinski definition) is 4. The lowest BCUT2D eigenvalue weighted by molar-refractivity contribution is 0.395. The van der Waals surface area contributed by atoms with E-state index in [1.165, 1.54) is 0 Å². The maximum Gasteiger partial charge on any atom is 0.148 e. The van der Waals surface area contributed by atoms with Gasteiger partial charge in [0.2, 0.25) is 0 Å². The minimum atomic E-state index is 0.688. The first-order valence-corrected chi connectivity index (χ1v) is 5.92. The van der Waals surface area contributed by atoms with E-state index in [0.29, 0.717) is 5.75 Å². The fourth-order valence-corrected chi connectivity index (χ4v) is 1.72. The summed E-state index contributed by atoms with van der Waals surface area (Å²) in [6, 6.07) is 9.41. The van der Waals surface area contributed by atoms with Crippen LogP contribution in [0, 0.1) is 0 Å². The van der Waals surface area contributed by atoms with Gasteiger partial charge in [0.25, 0.3) is 0 Å². The third-order valence-electron chi connectivity index (χ3n) is 2.77. The fourth-order valence-electron chi connectivity index (χ4n) is 1.72. The van der Waals surface area contributed by atoms with Gasteiger partial charge in [-0.05, 0) is 36.8 Å². The number of methoxy groups -OCH3 is 2. The number of hydrogen-bond donors (Lipinski definition) is 0. The predicted molar refractivity (Wildman–Crippen MR) is 75.7 cm³/mol. The standard InChI is InChI=1S/C15H16N2O2/c1-11(12-6-8-16-9-7-12)17-14-5-4-13(18-2)10-15(14)19-3/h4-10H,1-3H3. The summed E-state index contributed by atoms with van der Waals surface area (Å²) in [4.78, 5) is 8.58. The first-order chi connectivity index (χ1) is 9.24. The smallest absolute Gasteiger partial charge is 0.148 e. The van der Waals surface area contributed by atoms with Gasteiger partial charge in [0.15, 0.2) is 0 Å². The molecular weight excluding hydrogens is 240 g/mol. The van der Waals surface area contributed by atoms with E-state index in [1.807, 2.05) is 37.3 Å². The van der Waals surface area contributed by atoms with Gasteiger partial charge in [0, 0.05) is 24.2 Å². The van der Waals surface area contributed by atoms with E-state index in [1.54, 1.807) is 26.6 Å². The quantitative estimate of drug-likeness (QED) is 0.789. The third kappa shape index (κ3) is 3.10. The lowest BCUT2D eigenvalue weighted by Crippen LogP contribution is -1.94. The molecule has 4 nitrogen and oxygen atoms in total. The Kier molecular flexibility index (Phi) is 4.13. The zero-order valence-corrected chi connectivity index (χ0v) is 11.3. The van der Waals surface area contributed by atoms with Crippen LogP contribution in [-0.2, 0) is 0 Å². The molecule has 0 aliphatic rings. The highest BCUT2D eigenvalue weighted by Gasteiger charge is 2.05. The molecule has 0 radical (unpaired) electrons. The van der Waals surface area contributed by atoms with E-state index in [2.05, 4.69) is 9.98 Å². The van der Waals surface area contributed by atoms with Crippen LogP contribution in [0.3, 0.4) is 0 Å². The van der Waals surface area contributed by atoms with Gasteiger partial charge < -0.3 is 9.47 Å². The Morgan fingerprint density at radius 3 is 2.42 bits per heavy atom. The first kappa shape index (κ1) is 13.1. The Hall–Kier alpha value is -2.36. The maximum absolute atomic E-state index is 5.33. The van der Waals surface area contributed by atoms with Crippen molar-refractivity contribution in [2.75, 3.05) is 14.2 Å². The third-order valence-corrected chi connectivity index (χ3v) is 2.77. The SMILES string of the molecule is COc1ccc(N=C(C)c2ccncc2)c(OC)c1. The molecule has 0 aliphatic carbocycles. The molecule has 4 heteroatoms. The van der Waals surface area contributed by atoms with Gasteiger partial charge in [0.05, 0.1) is 14.2 Å². The summed E-state index contributed by atoms with van der Waals surface area (Å²) in [6.45, 7) is 1.96. The number of benzene rings is 1. The second-order valence-corrected chi connectivity index (χ2v) is 3.97. The molecule has 0 atom stereocenters. The highest BCUT2D eigenvalue weighted by atomic mass is 16.5. The normalized spacial score (nSPS) is 11.2. The summed E-state index contributed by atoms with van der Waals surface area (Å²) in [5.74, 6) is 1.44. The topological polar surface area (TPSA) is 43.7 Å². The molecule has 1 aromatic heterocycles. The molecule has 0 aliphatic heterocycles. The van der Waals surface area contributed by atoms with E-state index in [9.17, 15) is 0 Å². The molecule has 2 rings (SSSR count). The van der Waals surface area contributed by atoms with Crippen molar-refractivity contribution in [3.63, 3.8) is 0 Å². The number of rotatable bonds is 4. The van der Waals surface area contributed by atoms with Crippen LogP contribution in [0.4, 0.5) is 5.69 Å². The minimum absolute atomic E-state index is 0.688. The van der Waals surface area contributed by atoms with Crippen molar-refractivity contribution >= 4 is 11.4 Å². The van der Waals surface area contributed by atoms with Crippen LogP contribution >= 0.6 is 0 Å². The Balaban J connectivity index is 2.37. The highest BCUT2D eigenvalue weighted by Crippen LogP contribution is 2.31. The molecule has 0 spiro atoms. The summed E-state index contributed by atoms with van der Waals surface area (Å²) >= 11 is 0. The van der Waals surface area contributed by atoms with Crippen molar-refractivity contribution in [3.8, 4) is 11.5 Å². The van der Waals surface area contributed by atoms with E-state index in [0.717, 1.165) is 22.7 Å². The number of aromatic nitrogens is 1. The van der Waals surface area contributed by atoms with Crippen molar-refractivity contribution in [1.29, 1.82) is 0 Å². The molecule has 0 N–H and O–H groups in total. The zero-order chi connectivity index (χ0) is 13.7. The Morgan fingerprint density at radius 1 is 1.05 bits per heavy atom. The average molecular weight is 256 g/mol. The van der Waals surface area contributed by atoms with Crippen LogP contribution in [0.2, 0.25) is 0 Å². The first-order valence-electron chi connectivity index (χ1n) is 5.92. The van der Waals surface area contributed by atoms with Gasteiger partial charge in [0.1, 0.15) is 17.2 Å². The molecule has 1 heterocycles. The molecule has 0 amide bonds. The summed E-state index contributed by atoms with van der Waals surface area (Å²) in [5, 5.41) is 0. The summed E-state index contributed by atoms with van der Waals surface area (Å²) in [5.41, 5.74) is 2.72. The summed E-state index contributed by atoms with van der Waals surface area (Å²) in [6.07, 6.45) is 3.50. The molecule has 0 bridgehead atoms. The fraction of sp³-hybridized carbons (Fsp3) is 0.200. The van der Waals surface area contributed by atoms with E-state index in [4.69, 9.17) is 9.47 Å². The maximum atomic E-state index is 5.33. The number of aliphatic imine (C=N–C) groups is 1. The molecule has 0 unspecified atom stereocenters. The predicted octanol–water partition coefficient (Wildman–Crippen LogP) is 3.24. The monoisotopic (exact) mass is 256 g/mol. The lowest BCUT2D eigenvalue weighted by Gasteiger charge is -2.08. The van der Waals surface area contributed by atoms with Crippen molar-refractivity contribution in [1.82, 2.24) is 4.98 Å². The zero-order valence-electron chi connectivity index (χ0n) is 11.3. The summed E-state index contributed by atoms with van der Waals surface area (Å²) < 4.78 is 10.5. The Labute approximate surface area is 112 Å². The van der Waals surface area contributed by atoms with Crippen LogP contribution in [0.5, 0.6) is 11.5 Å². The van der Waals surface area contributed by atoms with Gasteiger partial charge in [-0.25, -0.2) is 4.99 Å². The molecule has 0 fully saturated rings. The van der Waals surface area contributed by atoms with Gasteiger partial charge in [-0.2, -0.15) is 0 Å². The van der Waals surface area contributed by atoms with Crippen LogP contribution in [0.15, 0.2) is 47.7 Å². The minimum Gasteiger partial charge on any atom is -0.497 e. The van der Waals surface area contributed by atoms with Gasteiger partial charge in [-0.15, -0.1) is 0 Å². The molecule has 0 saturated carbocycles. The van der Waals surface area contributed by atoms with Gasteiger partial charge in [-0.3, -0.25) is 4.98 Å². The van der Waals surface area contributed by atoms with E-state index >= 15 is 0 Å². The highest BCUT2D eigenvalue weighted by molar-refractivity contribution is 6.00. The lowest BCUT2D eigenvalue weighted by atomic mass is 10.2. The molecular formula is C15H16N2O2.